The molecular formula is C20H26N2O3S. The quantitative estimate of drug-likeness (QED) is 0.851. The van der Waals surface area contributed by atoms with E-state index in [0.29, 0.717) is 11.1 Å². The van der Waals surface area contributed by atoms with Crippen LogP contribution >= 0.6 is 0 Å². The van der Waals surface area contributed by atoms with Crippen molar-refractivity contribution in [3.8, 4) is 0 Å². The smallest absolute Gasteiger partial charge is 0.255 e. The lowest BCUT2D eigenvalue weighted by Gasteiger charge is -2.21. The van der Waals surface area contributed by atoms with Crippen molar-refractivity contribution in [2.75, 3.05) is 5.32 Å². The van der Waals surface area contributed by atoms with Crippen LogP contribution in [-0.4, -0.2) is 19.9 Å². The molecule has 6 heteroatoms. The molecule has 2 N–H and O–H groups in total. The molecule has 0 aromatic heterocycles. The van der Waals surface area contributed by atoms with Crippen molar-refractivity contribution in [2.24, 2.45) is 0 Å². The molecule has 0 radical (unpaired) electrons. The molecule has 2 aromatic rings. The summed E-state index contributed by atoms with van der Waals surface area (Å²) < 4.78 is 27.7. The number of sulfonamides is 1. The number of benzene rings is 2. The lowest BCUT2D eigenvalue weighted by Crippen LogP contribution is -2.40. The van der Waals surface area contributed by atoms with Gasteiger partial charge in [0, 0.05) is 16.8 Å². The van der Waals surface area contributed by atoms with Gasteiger partial charge in [-0.2, -0.15) is 0 Å². The number of carbonyl (C=O) groups excluding carboxylic acids is 1. The van der Waals surface area contributed by atoms with Crippen LogP contribution in [-0.2, 0) is 10.0 Å². The van der Waals surface area contributed by atoms with Crippen LogP contribution in [0.25, 0.3) is 0 Å². The van der Waals surface area contributed by atoms with E-state index in [2.05, 4.69) is 10.0 Å². The summed E-state index contributed by atoms with van der Waals surface area (Å²) in [6.07, 6.45) is 0. The Hall–Kier alpha value is -2.18. The SMILES string of the molecule is Cc1ccc(S(=O)(=O)NC(C)(C)C)cc1C(=O)Nc1c(C)cccc1C. The number of para-hydroxylation sites is 1. The summed E-state index contributed by atoms with van der Waals surface area (Å²) in [6.45, 7) is 10.9. The van der Waals surface area contributed by atoms with Crippen LogP contribution in [0.15, 0.2) is 41.3 Å². The maximum atomic E-state index is 12.8. The van der Waals surface area contributed by atoms with Crippen LogP contribution in [0.4, 0.5) is 5.69 Å². The summed E-state index contributed by atoms with van der Waals surface area (Å²) in [5.41, 5.74) is 3.10. The Labute approximate surface area is 155 Å². The van der Waals surface area contributed by atoms with Gasteiger partial charge >= 0.3 is 0 Å². The lowest BCUT2D eigenvalue weighted by molar-refractivity contribution is 0.102. The molecule has 0 heterocycles. The average molecular weight is 375 g/mol. The van der Waals surface area contributed by atoms with E-state index in [4.69, 9.17) is 0 Å². The zero-order valence-corrected chi connectivity index (χ0v) is 16.9. The second-order valence-electron chi connectivity index (χ2n) is 7.55. The molecule has 0 unspecified atom stereocenters. The molecule has 0 saturated carbocycles. The van der Waals surface area contributed by atoms with Gasteiger partial charge in [-0.3, -0.25) is 4.79 Å². The van der Waals surface area contributed by atoms with Gasteiger partial charge in [-0.15, -0.1) is 0 Å². The molecule has 0 atom stereocenters. The second-order valence-corrected chi connectivity index (χ2v) is 9.24. The van der Waals surface area contributed by atoms with Crippen molar-refractivity contribution >= 4 is 21.6 Å². The fourth-order valence-corrected chi connectivity index (χ4v) is 4.11. The molecule has 0 bridgehead atoms. The third kappa shape index (κ3) is 4.71. The molecule has 0 fully saturated rings. The summed E-state index contributed by atoms with van der Waals surface area (Å²) in [5, 5.41) is 2.91. The molecular weight excluding hydrogens is 348 g/mol. The molecule has 1 amide bonds. The third-order valence-electron chi connectivity index (χ3n) is 3.92. The van der Waals surface area contributed by atoms with E-state index in [9.17, 15) is 13.2 Å². The van der Waals surface area contributed by atoms with E-state index in [1.165, 1.54) is 12.1 Å². The number of nitrogens with one attached hydrogen (secondary N) is 2. The summed E-state index contributed by atoms with van der Waals surface area (Å²) >= 11 is 0. The number of anilines is 1. The van der Waals surface area contributed by atoms with Gasteiger partial charge < -0.3 is 5.32 Å². The minimum absolute atomic E-state index is 0.0738. The Balaban J connectivity index is 2.40. The summed E-state index contributed by atoms with van der Waals surface area (Å²) in [5.74, 6) is -0.326. The summed E-state index contributed by atoms with van der Waals surface area (Å²) in [6, 6.07) is 10.4. The van der Waals surface area contributed by atoms with Crippen LogP contribution in [0, 0.1) is 20.8 Å². The molecule has 0 aliphatic heterocycles. The lowest BCUT2D eigenvalue weighted by atomic mass is 10.1. The molecule has 140 valence electrons. The van der Waals surface area contributed by atoms with Gasteiger partial charge in [0.15, 0.2) is 0 Å². The van der Waals surface area contributed by atoms with E-state index in [1.807, 2.05) is 32.0 Å². The first-order chi connectivity index (χ1) is 11.9. The van der Waals surface area contributed by atoms with E-state index >= 15 is 0 Å². The Morgan fingerprint density at radius 3 is 2.04 bits per heavy atom. The minimum atomic E-state index is -3.71. The molecule has 5 nitrogen and oxygen atoms in total. The van der Waals surface area contributed by atoms with Crippen LogP contribution in [0.5, 0.6) is 0 Å². The molecule has 26 heavy (non-hydrogen) atoms. The first-order valence-electron chi connectivity index (χ1n) is 8.43. The number of hydrogen-bond acceptors (Lipinski definition) is 3. The molecule has 0 aliphatic carbocycles. The minimum Gasteiger partial charge on any atom is -0.321 e. The van der Waals surface area contributed by atoms with E-state index in [-0.39, 0.29) is 10.8 Å². The standard InChI is InChI=1S/C20H26N2O3S/c1-13-10-11-16(26(24,25)22-20(4,5)6)12-17(13)19(23)21-18-14(2)8-7-9-15(18)3/h7-12,22H,1-6H3,(H,21,23). The Bertz CT molecular complexity index is 922. The fourth-order valence-electron chi connectivity index (χ4n) is 2.67. The van der Waals surface area contributed by atoms with Gasteiger partial charge in [-0.1, -0.05) is 24.3 Å². The zero-order chi connectivity index (χ0) is 19.7. The van der Waals surface area contributed by atoms with E-state index < -0.39 is 15.6 Å². The van der Waals surface area contributed by atoms with Gasteiger partial charge in [0.05, 0.1) is 4.90 Å². The van der Waals surface area contributed by atoms with E-state index in [1.54, 1.807) is 33.8 Å². The van der Waals surface area contributed by atoms with Gasteiger partial charge in [-0.05, 0) is 70.4 Å². The highest BCUT2D eigenvalue weighted by molar-refractivity contribution is 7.89. The van der Waals surface area contributed by atoms with Gasteiger partial charge in [0.25, 0.3) is 5.91 Å². The van der Waals surface area contributed by atoms with Crippen molar-refractivity contribution < 1.29 is 13.2 Å². The zero-order valence-electron chi connectivity index (χ0n) is 16.1. The van der Waals surface area contributed by atoms with E-state index in [0.717, 1.165) is 16.8 Å². The maximum Gasteiger partial charge on any atom is 0.255 e. The van der Waals surface area contributed by atoms with Crippen molar-refractivity contribution in [3.63, 3.8) is 0 Å². The van der Waals surface area contributed by atoms with Crippen LogP contribution < -0.4 is 10.0 Å². The largest absolute Gasteiger partial charge is 0.321 e. The van der Waals surface area contributed by atoms with Crippen molar-refractivity contribution in [3.05, 3.63) is 58.7 Å². The maximum absolute atomic E-state index is 12.8. The van der Waals surface area contributed by atoms with Crippen LogP contribution in [0.3, 0.4) is 0 Å². The Morgan fingerprint density at radius 2 is 1.50 bits per heavy atom. The molecule has 0 saturated heterocycles. The van der Waals surface area contributed by atoms with Crippen LogP contribution in [0.2, 0.25) is 0 Å². The predicted molar refractivity (Wildman–Crippen MR) is 105 cm³/mol. The monoisotopic (exact) mass is 374 g/mol. The van der Waals surface area contributed by atoms with Gasteiger partial charge in [-0.25, -0.2) is 13.1 Å². The summed E-state index contributed by atoms with van der Waals surface area (Å²) in [7, 11) is -3.71. The number of carbonyl (C=O) groups is 1. The highest BCUT2D eigenvalue weighted by atomic mass is 32.2. The highest BCUT2D eigenvalue weighted by Gasteiger charge is 2.23. The molecule has 2 rings (SSSR count). The molecule has 0 aliphatic rings. The fraction of sp³-hybridized carbons (Fsp3) is 0.350. The number of aryl methyl sites for hydroxylation is 3. The van der Waals surface area contributed by atoms with Crippen molar-refractivity contribution in [1.29, 1.82) is 0 Å². The average Bonchev–Trinajstić information content (AvgIpc) is 2.48. The normalized spacial score (nSPS) is 12.1. The number of rotatable bonds is 4. The highest BCUT2D eigenvalue weighted by Crippen LogP contribution is 2.23. The predicted octanol–water partition coefficient (Wildman–Crippen LogP) is 3.94. The topological polar surface area (TPSA) is 75.3 Å². The van der Waals surface area contributed by atoms with Gasteiger partial charge in [0.2, 0.25) is 10.0 Å². The third-order valence-corrected chi connectivity index (χ3v) is 5.68. The van der Waals surface area contributed by atoms with Crippen LogP contribution in [0.1, 0.15) is 47.8 Å². The van der Waals surface area contributed by atoms with Crippen molar-refractivity contribution in [1.82, 2.24) is 4.72 Å². The Kier molecular flexibility index (Phi) is 5.58. The Morgan fingerprint density at radius 1 is 0.923 bits per heavy atom. The number of hydrogen-bond donors (Lipinski definition) is 2. The first kappa shape index (κ1) is 20.1. The molecule has 2 aromatic carbocycles. The molecule has 0 spiro atoms. The second kappa shape index (κ2) is 7.21. The first-order valence-corrected chi connectivity index (χ1v) is 9.91. The van der Waals surface area contributed by atoms with Gasteiger partial charge in [0.1, 0.15) is 0 Å². The summed E-state index contributed by atoms with van der Waals surface area (Å²) in [4.78, 5) is 12.9. The number of amides is 1. The van der Waals surface area contributed by atoms with Crippen molar-refractivity contribution in [2.45, 2.75) is 52.0 Å².